The number of nitrogens with zero attached hydrogens (tertiary/aromatic N) is 1. The molecule has 0 spiro atoms. The van der Waals surface area contributed by atoms with Gasteiger partial charge >= 0.3 is 0 Å². The second kappa shape index (κ2) is 9.70. The predicted molar refractivity (Wildman–Crippen MR) is 123 cm³/mol. The van der Waals surface area contributed by atoms with Crippen LogP contribution < -0.4 is 14.8 Å². The Morgan fingerprint density at radius 1 is 0.970 bits per heavy atom. The highest BCUT2D eigenvalue weighted by molar-refractivity contribution is 7.89. The molecule has 1 fully saturated rings. The van der Waals surface area contributed by atoms with Crippen LogP contribution >= 0.6 is 0 Å². The maximum atomic E-state index is 13.3. The molecule has 0 aliphatic carbocycles. The molecule has 0 unspecified atom stereocenters. The molecule has 4 rings (SSSR count). The Bertz CT molecular complexity index is 1130. The van der Waals surface area contributed by atoms with E-state index >= 15 is 0 Å². The second-order valence-electron chi connectivity index (χ2n) is 8.59. The summed E-state index contributed by atoms with van der Waals surface area (Å²) in [5.74, 6) is 1.13. The van der Waals surface area contributed by atoms with Crippen LogP contribution in [0.2, 0.25) is 0 Å². The van der Waals surface area contributed by atoms with E-state index in [1.54, 1.807) is 19.1 Å². The van der Waals surface area contributed by atoms with Gasteiger partial charge < -0.3 is 19.5 Å². The Balaban J connectivity index is 1.59. The number of aryl methyl sites for hydroxylation is 1. The fraction of sp³-hybridized carbons (Fsp3) is 0.458. The summed E-state index contributed by atoms with van der Waals surface area (Å²) in [6, 6.07) is 10.1. The van der Waals surface area contributed by atoms with Crippen molar-refractivity contribution >= 4 is 15.9 Å². The minimum Gasteiger partial charge on any atom is -0.486 e. The standard InChI is InChI=1S/C24H30N2O6S/c1-16(2)23(18-5-7-21-22(14-18)32-13-12-31-21)25-24(27)20-15-19(6-4-17(20)3)33(28,29)26-8-10-30-11-9-26/h4-7,14-16,23H,8-13H2,1-3H3,(H,25,27)/t23-/m0/s1. The van der Waals surface area contributed by atoms with Crippen molar-refractivity contribution in [3.8, 4) is 11.5 Å². The summed E-state index contributed by atoms with van der Waals surface area (Å²) in [7, 11) is -3.70. The molecule has 1 N–H and O–H groups in total. The van der Waals surface area contributed by atoms with Crippen LogP contribution in [0.5, 0.6) is 11.5 Å². The zero-order valence-corrected chi connectivity index (χ0v) is 20.0. The Hall–Kier alpha value is -2.62. The van der Waals surface area contributed by atoms with Gasteiger partial charge in [-0.3, -0.25) is 4.79 Å². The molecule has 178 valence electrons. The van der Waals surface area contributed by atoms with Crippen LogP contribution in [-0.2, 0) is 14.8 Å². The highest BCUT2D eigenvalue weighted by atomic mass is 32.2. The first-order valence-electron chi connectivity index (χ1n) is 11.2. The molecule has 2 heterocycles. The topological polar surface area (TPSA) is 94.2 Å². The van der Waals surface area contributed by atoms with Crippen LogP contribution in [0, 0.1) is 12.8 Å². The normalized spacial score (nSPS) is 17.6. The van der Waals surface area contributed by atoms with Gasteiger partial charge in [0, 0.05) is 18.7 Å². The smallest absolute Gasteiger partial charge is 0.252 e. The van der Waals surface area contributed by atoms with Crippen molar-refractivity contribution in [3.05, 3.63) is 53.1 Å². The van der Waals surface area contributed by atoms with Crippen LogP contribution in [0.4, 0.5) is 0 Å². The third-order valence-corrected chi connectivity index (χ3v) is 7.83. The number of sulfonamides is 1. The van der Waals surface area contributed by atoms with Gasteiger partial charge in [-0.1, -0.05) is 26.0 Å². The van der Waals surface area contributed by atoms with Gasteiger partial charge in [-0.05, 0) is 48.2 Å². The van der Waals surface area contributed by atoms with Crippen LogP contribution in [-0.4, -0.2) is 58.1 Å². The molecular formula is C24H30N2O6S. The lowest BCUT2D eigenvalue weighted by Gasteiger charge is -2.27. The number of carbonyl (C=O) groups excluding carboxylic acids is 1. The van der Waals surface area contributed by atoms with Gasteiger partial charge in [-0.25, -0.2) is 8.42 Å². The van der Waals surface area contributed by atoms with Crippen molar-refractivity contribution < 1.29 is 27.4 Å². The van der Waals surface area contributed by atoms with Gasteiger partial charge in [-0.2, -0.15) is 4.31 Å². The molecule has 8 nitrogen and oxygen atoms in total. The Labute approximate surface area is 194 Å². The number of hydrogen-bond donors (Lipinski definition) is 1. The first-order valence-corrected chi connectivity index (χ1v) is 12.6. The minimum absolute atomic E-state index is 0.0945. The summed E-state index contributed by atoms with van der Waals surface area (Å²) in [6.07, 6.45) is 0. The number of fused-ring (bicyclic) bond motifs is 1. The molecule has 1 saturated heterocycles. The molecule has 0 aromatic heterocycles. The zero-order chi connectivity index (χ0) is 23.6. The Kier molecular flexibility index (Phi) is 6.92. The van der Waals surface area contributed by atoms with E-state index in [9.17, 15) is 13.2 Å². The maximum absolute atomic E-state index is 13.3. The largest absolute Gasteiger partial charge is 0.486 e. The summed E-state index contributed by atoms with van der Waals surface area (Å²) in [4.78, 5) is 13.4. The van der Waals surface area contributed by atoms with Crippen LogP contribution in [0.15, 0.2) is 41.3 Å². The highest BCUT2D eigenvalue weighted by Crippen LogP contribution is 2.34. The molecule has 33 heavy (non-hydrogen) atoms. The van der Waals surface area contributed by atoms with Gasteiger partial charge in [0.1, 0.15) is 13.2 Å². The van der Waals surface area contributed by atoms with E-state index in [4.69, 9.17) is 14.2 Å². The summed E-state index contributed by atoms with van der Waals surface area (Å²) >= 11 is 0. The molecule has 2 aromatic carbocycles. The predicted octanol–water partition coefficient (Wildman–Crippen LogP) is 2.91. The van der Waals surface area contributed by atoms with Crippen LogP contribution in [0.1, 0.15) is 41.4 Å². The molecule has 2 aromatic rings. The monoisotopic (exact) mass is 474 g/mol. The SMILES string of the molecule is Cc1ccc(S(=O)(=O)N2CCOCC2)cc1C(=O)N[C@H](c1ccc2c(c1)OCCO2)C(C)C. The van der Waals surface area contributed by atoms with Crippen molar-refractivity contribution in [1.29, 1.82) is 0 Å². The molecule has 0 saturated carbocycles. The minimum atomic E-state index is -3.70. The van der Waals surface area contributed by atoms with Crippen molar-refractivity contribution in [2.45, 2.75) is 31.7 Å². The van der Waals surface area contributed by atoms with Gasteiger partial charge in [0.2, 0.25) is 10.0 Å². The molecule has 2 aliphatic rings. The third kappa shape index (κ3) is 5.00. The van der Waals surface area contributed by atoms with Gasteiger partial charge in [0.15, 0.2) is 11.5 Å². The molecule has 0 radical (unpaired) electrons. The molecular weight excluding hydrogens is 444 g/mol. The average molecular weight is 475 g/mol. The lowest BCUT2D eigenvalue weighted by atomic mass is 9.95. The highest BCUT2D eigenvalue weighted by Gasteiger charge is 2.28. The van der Waals surface area contributed by atoms with E-state index in [2.05, 4.69) is 5.32 Å². The van der Waals surface area contributed by atoms with Crippen LogP contribution in [0.25, 0.3) is 0 Å². The number of rotatable bonds is 6. The molecule has 2 aliphatic heterocycles. The fourth-order valence-electron chi connectivity index (χ4n) is 4.05. The molecule has 1 amide bonds. The molecule has 1 atom stereocenters. The summed E-state index contributed by atoms with van der Waals surface area (Å²) in [6.45, 7) is 8.18. The number of morpholine rings is 1. The maximum Gasteiger partial charge on any atom is 0.252 e. The first kappa shape index (κ1) is 23.5. The van der Waals surface area contributed by atoms with E-state index in [0.717, 1.165) is 5.56 Å². The lowest BCUT2D eigenvalue weighted by molar-refractivity contribution is 0.0730. The van der Waals surface area contributed by atoms with Gasteiger partial charge in [-0.15, -0.1) is 0 Å². The van der Waals surface area contributed by atoms with Crippen LogP contribution in [0.3, 0.4) is 0 Å². The third-order valence-electron chi connectivity index (χ3n) is 5.94. The number of amides is 1. The first-order chi connectivity index (χ1) is 15.8. The van der Waals surface area contributed by atoms with E-state index in [1.165, 1.54) is 10.4 Å². The number of benzene rings is 2. The summed E-state index contributed by atoms with van der Waals surface area (Å²) < 4.78 is 44.1. The number of hydrogen-bond acceptors (Lipinski definition) is 6. The average Bonchev–Trinajstić information content (AvgIpc) is 2.82. The van der Waals surface area contributed by atoms with E-state index < -0.39 is 10.0 Å². The fourth-order valence-corrected chi connectivity index (χ4v) is 5.48. The second-order valence-corrected chi connectivity index (χ2v) is 10.5. The van der Waals surface area contributed by atoms with Crippen molar-refractivity contribution in [2.75, 3.05) is 39.5 Å². The zero-order valence-electron chi connectivity index (χ0n) is 19.2. The number of nitrogens with one attached hydrogen (secondary N) is 1. The van der Waals surface area contributed by atoms with Crippen molar-refractivity contribution in [3.63, 3.8) is 0 Å². The number of carbonyl (C=O) groups is 1. The lowest BCUT2D eigenvalue weighted by Crippen LogP contribution is -2.40. The van der Waals surface area contributed by atoms with Gasteiger partial charge in [0.05, 0.1) is 24.2 Å². The van der Waals surface area contributed by atoms with E-state index in [0.29, 0.717) is 62.1 Å². The van der Waals surface area contributed by atoms with Crippen molar-refractivity contribution in [2.24, 2.45) is 5.92 Å². The van der Waals surface area contributed by atoms with Gasteiger partial charge in [0.25, 0.3) is 5.91 Å². The Morgan fingerprint density at radius 3 is 2.36 bits per heavy atom. The van der Waals surface area contributed by atoms with E-state index in [-0.39, 0.29) is 22.8 Å². The Morgan fingerprint density at radius 2 is 1.67 bits per heavy atom. The summed E-state index contributed by atoms with van der Waals surface area (Å²) in [5, 5.41) is 3.09. The van der Waals surface area contributed by atoms with E-state index in [1.807, 2.05) is 32.0 Å². The van der Waals surface area contributed by atoms with Crippen molar-refractivity contribution in [1.82, 2.24) is 9.62 Å². The molecule has 0 bridgehead atoms. The summed E-state index contributed by atoms with van der Waals surface area (Å²) in [5.41, 5.74) is 1.95. The molecule has 9 heteroatoms. The quantitative estimate of drug-likeness (QED) is 0.692. The number of ether oxygens (including phenoxy) is 3.